The second kappa shape index (κ2) is 6.71. The van der Waals surface area contributed by atoms with E-state index in [-0.39, 0.29) is 5.91 Å². The predicted molar refractivity (Wildman–Crippen MR) is 90.0 cm³/mol. The minimum Gasteiger partial charge on any atom is -0.306 e. The first-order chi connectivity index (χ1) is 10.7. The van der Waals surface area contributed by atoms with E-state index in [2.05, 4.69) is 40.7 Å². The zero-order chi connectivity index (χ0) is 15.4. The summed E-state index contributed by atoms with van der Waals surface area (Å²) in [5.74, 6) is -0.0530. The summed E-state index contributed by atoms with van der Waals surface area (Å²) in [4.78, 5) is 14.4. The van der Waals surface area contributed by atoms with Crippen molar-refractivity contribution in [3.05, 3.63) is 48.0 Å². The molecule has 114 valence electrons. The summed E-state index contributed by atoms with van der Waals surface area (Å²) < 4.78 is 0. The first-order valence-corrected chi connectivity index (χ1v) is 7.72. The van der Waals surface area contributed by atoms with Gasteiger partial charge in [0.15, 0.2) is 0 Å². The maximum atomic E-state index is 12.1. The van der Waals surface area contributed by atoms with Gasteiger partial charge in [-0.25, -0.2) is 5.43 Å². The van der Waals surface area contributed by atoms with E-state index < -0.39 is 0 Å². The monoisotopic (exact) mass is 295 g/mol. The van der Waals surface area contributed by atoms with Gasteiger partial charge in [0.25, 0.3) is 0 Å². The third-order valence-electron chi connectivity index (χ3n) is 4.13. The number of nitrogens with zero attached hydrogens (tertiary/aromatic N) is 2. The van der Waals surface area contributed by atoms with Crippen LogP contribution in [0.4, 0.5) is 0 Å². The van der Waals surface area contributed by atoms with Crippen LogP contribution in [0.3, 0.4) is 0 Å². The largest absolute Gasteiger partial charge is 0.306 e. The SMILES string of the molecule is CN1CCC(=NNC(=O)Cc2cccc3ccccc23)CC1. The zero-order valence-electron chi connectivity index (χ0n) is 12.9. The number of rotatable bonds is 3. The number of hydrogen-bond donors (Lipinski definition) is 1. The van der Waals surface area contributed by atoms with E-state index >= 15 is 0 Å². The third kappa shape index (κ3) is 3.52. The van der Waals surface area contributed by atoms with Crippen LogP contribution in [-0.4, -0.2) is 36.7 Å². The van der Waals surface area contributed by atoms with Gasteiger partial charge in [-0.2, -0.15) is 5.10 Å². The highest BCUT2D eigenvalue weighted by Gasteiger charge is 2.12. The fourth-order valence-electron chi connectivity index (χ4n) is 2.79. The van der Waals surface area contributed by atoms with Crippen LogP contribution in [-0.2, 0) is 11.2 Å². The number of hydrazone groups is 1. The molecule has 1 N–H and O–H groups in total. The lowest BCUT2D eigenvalue weighted by Gasteiger charge is -2.22. The number of nitrogens with one attached hydrogen (secondary N) is 1. The van der Waals surface area contributed by atoms with Gasteiger partial charge in [0.05, 0.1) is 6.42 Å². The number of carbonyl (C=O) groups excluding carboxylic acids is 1. The molecule has 22 heavy (non-hydrogen) atoms. The highest BCUT2D eigenvalue weighted by molar-refractivity contribution is 5.91. The van der Waals surface area contributed by atoms with Gasteiger partial charge in [0, 0.05) is 31.6 Å². The lowest BCUT2D eigenvalue weighted by atomic mass is 10.0. The number of hydrogen-bond acceptors (Lipinski definition) is 3. The quantitative estimate of drug-likeness (QED) is 0.885. The Balaban J connectivity index is 1.65. The van der Waals surface area contributed by atoms with Crippen molar-refractivity contribution in [1.29, 1.82) is 0 Å². The number of benzene rings is 2. The molecule has 0 radical (unpaired) electrons. The second-order valence-electron chi connectivity index (χ2n) is 5.83. The van der Waals surface area contributed by atoms with Crippen molar-refractivity contribution in [2.75, 3.05) is 20.1 Å². The molecule has 0 spiro atoms. The zero-order valence-corrected chi connectivity index (χ0v) is 12.9. The van der Waals surface area contributed by atoms with E-state index in [1.807, 2.05) is 24.3 Å². The summed E-state index contributed by atoms with van der Waals surface area (Å²) in [6.45, 7) is 2.02. The van der Waals surface area contributed by atoms with Gasteiger partial charge >= 0.3 is 0 Å². The van der Waals surface area contributed by atoms with Crippen LogP contribution < -0.4 is 5.43 Å². The van der Waals surface area contributed by atoms with Crippen molar-refractivity contribution in [2.24, 2.45) is 5.10 Å². The molecule has 1 fully saturated rings. The molecule has 4 nitrogen and oxygen atoms in total. The average Bonchev–Trinajstić information content (AvgIpc) is 2.55. The van der Waals surface area contributed by atoms with Gasteiger partial charge < -0.3 is 4.90 Å². The fourth-order valence-corrected chi connectivity index (χ4v) is 2.79. The van der Waals surface area contributed by atoms with Gasteiger partial charge in [0.2, 0.25) is 5.91 Å². The van der Waals surface area contributed by atoms with Gasteiger partial charge in [-0.15, -0.1) is 0 Å². The summed E-state index contributed by atoms with van der Waals surface area (Å²) >= 11 is 0. The van der Waals surface area contributed by atoms with E-state index in [0.717, 1.165) is 48.0 Å². The lowest BCUT2D eigenvalue weighted by Crippen LogP contribution is -2.32. The average molecular weight is 295 g/mol. The van der Waals surface area contributed by atoms with E-state index in [1.54, 1.807) is 0 Å². The standard InChI is InChI=1S/C18H21N3O/c1-21-11-9-16(10-12-21)19-20-18(22)13-15-7-4-6-14-5-2-3-8-17(14)15/h2-8H,9-13H2,1H3,(H,20,22). The smallest absolute Gasteiger partial charge is 0.244 e. The van der Waals surface area contributed by atoms with Gasteiger partial charge in [-0.05, 0) is 23.4 Å². The minimum absolute atomic E-state index is 0.0530. The number of carbonyl (C=O) groups is 1. The van der Waals surface area contributed by atoms with E-state index in [0.29, 0.717) is 6.42 Å². The molecule has 0 aliphatic carbocycles. The summed E-state index contributed by atoms with van der Waals surface area (Å²) in [6.07, 6.45) is 2.23. The molecule has 0 atom stereocenters. The molecular weight excluding hydrogens is 274 g/mol. The van der Waals surface area contributed by atoms with Crippen molar-refractivity contribution < 1.29 is 4.79 Å². The van der Waals surface area contributed by atoms with Crippen molar-refractivity contribution in [1.82, 2.24) is 10.3 Å². The molecule has 2 aromatic rings. The van der Waals surface area contributed by atoms with Crippen LogP contribution >= 0.6 is 0 Å². The maximum absolute atomic E-state index is 12.1. The molecule has 1 heterocycles. The Hall–Kier alpha value is -2.20. The van der Waals surface area contributed by atoms with Crippen molar-refractivity contribution in [3.8, 4) is 0 Å². The van der Waals surface area contributed by atoms with Crippen LogP contribution in [0.2, 0.25) is 0 Å². The van der Waals surface area contributed by atoms with Gasteiger partial charge in [-0.3, -0.25) is 4.79 Å². The molecule has 0 unspecified atom stereocenters. The first kappa shape index (κ1) is 14.7. The van der Waals surface area contributed by atoms with Crippen LogP contribution in [0, 0.1) is 0 Å². The molecule has 1 saturated heterocycles. The molecule has 3 rings (SSSR count). The molecular formula is C18H21N3O. The van der Waals surface area contributed by atoms with Crippen LogP contribution in [0.15, 0.2) is 47.6 Å². The fraction of sp³-hybridized carbons (Fsp3) is 0.333. The maximum Gasteiger partial charge on any atom is 0.244 e. The number of amides is 1. The highest BCUT2D eigenvalue weighted by Crippen LogP contribution is 2.18. The molecule has 0 saturated carbocycles. The first-order valence-electron chi connectivity index (χ1n) is 7.72. The molecule has 2 aromatic carbocycles. The van der Waals surface area contributed by atoms with Crippen LogP contribution in [0.25, 0.3) is 10.8 Å². The van der Waals surface area contributed by atoms with Crippen molar-refractivity contribution in [2.45, 2.75) is 19.3 Å². The Labute approximate surface area is 130 Å². The van der Waals surface area contributed by atoms with E-state index in [9.17, 15) is 4.79 Å². The van der Waals surface area contributed by atoms with Gasteiger partial charge in [-0.1, -0.05) is 42.5 Å². The summed E-state index contributed by atoms with van der Waals surface area (Å²) in [5.41, 5.74) is 4.84. The summed E-state index contributed by atoms with van der Waals surface area (Å²) in [6, 6.07) is 14.2. The molecule has 4 heteroatoms. The Kier molecular flexibility index (Phi) is 4.49. The predicted octanol–water partition coefficient (Wildman–Crippen LogP) is 2.58. The number of likely N-dealkylation sites (tertiary alicyclic amines) is 1. The summed E-state index contributed by atoms with van der Waals surface area (Å²) in [7, 11) is 2.11. The van der Waals surface area contributed by atoms with Crippen molar-refractivity contribution >= 4 is 22.4 Å². The van der Waals surface area contributed by atoms with Gasteiger partial charge in [0.1, 0.15) is 0 Å². The minimum atomic E-state index is -0.0530. The Bertz CT molecular complexity index is 693. The summed E-state index contributed by atoms with van der Waals surface area (Å²) in [5, 5.41) is 6.58. The number of fused-ring (bicyclic) bond motifs is 1. The molecule has 0 aromatic heterocycles. The van der Waals surface area contributed by atoms with E-state index in [4.69, 9.17) is 0 Å². The van der Waals surface area contributed by atoms with Crippen LogP contribution in [0.1, 0.15) is 18.4 Å². The molecule has 1 aliphatic rings. The molecule has 1 aliphatic heterocycles. The molecule has 1 amide bonds. The Morgan fingerprint density at radius 1 is 1.14 bits per heavy atom. The second-order valence-corrected chi connectivity index (χ2v) is 5.83. The Morgan fingerprint density at radius 3 is 2.68 bits per heavy atom. The Morgan fingerprint density at radius 2 is 1.86 bits per heavy atom. The third-order valence-corrected chi connectivity index (χ3v) is 4.13. The van der Waals surface area contributed by atoms with E-state index in [1.165, 1.54) is 0 Å². The van der Waals surface area contributed by atoms with Crippen molar-refractivity contribution in [3.63, 3.8) is 0 Å². The lowest BCUT2D eigenvalue weighted by molar-refractivity contribution is -0.120. The highest BCUT2D eigenvalue weighted by atomic mass is 16.2. The topological polar surface area (TPSA) is 44.7 Å². The number of piperidine rings is 1. The normalized spacial score (nSPS) is 15.8. The van der Waals surface area contributed by atoms with Crippen LogP contribution in [0.5, 0.6) is 0 Å². The molecule has 0 bridgehead atoms.